The van der Waals surface area contributed by atoms with Crippen molar-refractivity contribution in [1.29, 1.82) is 0 Å². The van der Waals surface area contributed by atoms with Gasteiger partial charge in [-0.25, -0.2) is 4.39 Å². The first kappa shape index (κ1) is 22.6. The first-order valence-electron chi connectivity index (χ1n) is 10.2. The van der Waals surface area contributed by atoms with E-state index in [1.807, 2.05) is 52.0 Å². The molecule has 0 bridgehead atoms. The molecule has 0 aromatic heterocycles. The van der Waals surface area contributed by atoms with Crippen LogP contribution in [0, 0.1) is 12.7 Å². The van der Waals surface area contributed by atoms with Gasteiger partial charge in [-0.3, -0.25) is 9.59 Å². The lowest BCUT2D eigenvalue weighted by molar-refractivity contribution is -0.141. The van der Waals surface area contributed by atoms with Crippen LogP contribution >= 0.6 is 0 Å². The Morgan fingerprint density at radius 2 is 1.79 bits per heavy atom. The van der Waals surface area contributed by atoms with Crippen LogP contribution in [0.15, 0.2) is 48.5 Å². The number of carbonyl (C=O) groups is 2. The fourth-order valence-corrected chi connectivity index (χ4v) is 3.27. The Balaban J connectivity index is 2.31. The van der Waals surface area contributed by atoms with Crippen molar-refractivity contribution in [1.82, 2.24) is 10.2 Å². The molecule has 5 heteroatoms. The number of aryl methyl sites for hydroxylation is 1. The van der Waals surface area contributed by atoms with Crippen LogP contribution in [0.25, 0.3) is 0 Å². The molecular weight excluding hydrogens is 367 g/mol. The molecule has 2 atom stereocenters. The van der Waals surface area contributed by atoms with E-state index in [-0.39, 0.29) is 24.3 Å². The van der Waals surface area contributed by atoms with Crippen LogP contribution in [0.4, 0.5) is 4.39 Å². The van der Waals surface area contributed by atoms with Crippen molar-refractivity contribution in [3.05, 3.63) is 71.0 Å². The molecule has 0 unspecified atom stereocenters. The summed E-state index contributed by atoms with van der Waals surface area (Å²) in [6.07, 6.45) is 1.21. The highest BCUT2D eigenvalue weighted by molar-refractivity contribution is 5.88. The Morgan fingerprint density at radius 3 is 2.41 bits per heavy atom. The molecule has 0 saturated carbocycles. The quantitative estimate of drug-likeness (QED) is 0.681. The largest absolute Gasteiger partial charge is 0.352 e. The lowest BCUT2D eigenvalue weighted by Crippen LogP contribution is -2.51. The molecule has 1 N–H and O–H groups in total. The van der Waals surface area contributed by atoms with Crippen LogP contribution < -0.4 is 5.32 Å². The monoisotopic (exact) mass is 398 g/mol. The number of nitrogens with one attached hydrogen (secondary N) is 1. The number of hydrogen-bond acceptors (Lipinski definition) is 2. The Kier molecular flexibility index (Phi) is 8.37. The van der Waals surface area contributed by atoms with Crippen molar-refractivity contribution < 1.29 is 14.0 Å². The topological polar surface area (TPSA) is 49.4 Å². The summed E-state index contributed by atoms with van der Waals surface area (Å²) in [6, 6.07) is 13.6. The highest BCUT2D eigenvalue weighted by atomic mass is 19.1. The van der Waals surface area contributed by atoms with E-state index < -0.39 is 11.9 Å². The van der Waals surface area contributed by atoms with Crippen molar-refractivity contribution in [2.45, 2.75) is 65.6 Å². The molecule has 156 valence electrons. The number of nitrogens with zero attached hydrogens (tertiary/aromatic N) is 1. The molecule has 2 rings (SSSR count). The van der Waals surface area contributed by atoms with Crippen LogP contribution in [-0.4, -0.2) is 28.8 Å². The summed E-state index contributed by atoms with van der Waals surface area (Å²) < 4.78 is 14.1. The number of benzene rings is 2. The minimum absolute atomic E-state index is 0.0269. The highest BCUT2D eigenvalue weighted by Gasteiger charge is 2.29. The summed E-state index contributed by atoms with van der Waals surface area (Å²) in [5.74, 6) is -0.840. The summed E-state index contributed by atoms with van der Waals surface area (Å²) >= 11 is 0. The lowest BCUT2D eigenvalue weighted by Gasteiger charge is -2.31. The van der Waals surface area contributed by atoms with Gasteiger partial charge in [0.15, 0.2) is 0 Å². The molecule has 0 aliphatic carbocycles. The van der Waals surface area contributed by atoms with Crippen molar-refractivity contribution in [3.63, 3.8) is 0 Å². The van der Waals surface area contributed by atoms with Crippen LogP contribution in [0.3, 0.4) is 0 Å². The Bertz CT molecular complexity index is 837. The van der Waals surface area contributed by atoms with Crippen LogP contribution in [-0.2, 0) is 22.6 Å². The zero-order valence-electron chi connectivity index (χ0n) is 17.7. The summed E-state index contributed by atoms with van der Waals surface area (Å²) in [7, 11) is 0. The smallest absolute Gasteiger partial charge is 0.243 e. The molecular formula is C24H31FN2O2. The van der Waals surface area contributed by atoms with E-state index in [0.29, 0.717) is 18.5 Å². The van der Waals surface area contributed by atoms with E-state index in [1.54, 1.807) is 23.1 Å². The zero-order chi connectivity index (χ0) is 21.4. The van der Waals surface area contributed by atoms with Gasteiger partial charge in [-0.1, -0.05) is 61.9 Å². The van der Waals surface area contributed by atoms with Crippen LogP contribution in [0.5, 0.6) is 0 Å². The first-order chi connectivity index (χ1) is 13.8. The Hall–Kier alpha value is -2.69. The second-order valence-electron chi connectivity index (χ2n) is 7.52. The summed E-state index contributed by atoms with van der Waals surface area (Å²) in [5, 5.41) is 2.98. The molecule has 0 aliphatic rings. The van der Waals surface area contributed by atoms with Crippen LogP contribution in [0.1, 0.15) is 50.3 Å². The van der Waals surface area contributed by atoms with Gasteiger partial charge in [0.05, 0.1) is 6.42 Å². The van der Waals surface area contributed by atoms with Gasteiger partial charge in [-0.05, 0) is 43.9 Å². The summed E-state index contributed by atoms with van der Waals surface area (Å²) in [5.41, 5.74) is 2.37. The summed E-state index contributed by atoms with van der Waals surface area (Å²) in [4.78, 5) is 27.7. The van der Waals surface area contributed by atoms with Gasteiger partial charge >= 0.3 is 0 Å². The molecule has 2 aromatic rings. The maximum Gasteiger partial charge on any atom is 0.243 e. The molecule has 0 fully saturated rings. The molecule has 0 aliphatic heterocycles. The third kappa shape index (κ3) is 6.41. The van der Waals surface area contributed by atoms with Crippen molar-refractivity contribution in [2.24, 2.45) is 0 Å². The third-order valence-electron chi connectivity index (χ3n) is 5.12. The predicted molar refractivity (Wildman–Crippen MR) is 114 cm³/mol. The van der Waals surface area contributed by atoms with Gasteiger partial charge in [0.1, 0.15) is 11.9 Å². The van der Waals surface area contributed by atoms with Crippen molar-refractivity contribution in [2.75, 3.05) is 0 Å². The van der Waals surface area contributed by atoms with E-state index in [1.165, 1.54) is 6.07 Å². The third-order valence-corrected chi connectivity index (χ3v) is 5.12. The number of hydrogen-bond donors (Lipinski definition) is 1. The molecule has 4 nitrogen and oxygen atoms in total. The lowest BCUT2D eigenvalue weighted by atomic mass is 10.0. The van der Waals surface area contributed by atoms with Gasteiger partial charge in [0.2, 0.25) is 11.8 Å². The number of carbonyl (C=O) groups excluding carboxylic acids is 2. The van der Waals surface area contributed by atoms with Gasteiger partial charge in [-0.2, -0.15) is 0 Å². The molecule has 0 spiro atoms. The number of halogens is 1. The molecule has 0 heterocycles. The number of rotatable bonds is 9. The average molecular weight is 399 g/mol. The van der Waals surface area contributed by atoms with Gasteiger partial charge in [-0.15, -0.1) is 0 Å². The van der Waals surface area contributed by atoms with E-state index in [2.05, 4.69) is 5.32 Å². The second-order valence-corrected chi connectivity index (χ2v) is 7.52. The fourth-order valence-electron chi connectivity index (χ4n) is 3.27. The molecule has 2 amide bonds. The molecule has 0 saturated heterocycles. The standard InChI is InChI=1S/C24H31FN2O2/c1-5-18(4)26-24(29)22(6-2)27(16-19-11-9-10-17(3)14-19)23(28)15-20-12-7-8-13-21(20)25/h7-14,18,22H,5-6,15-16H2,1-4H3,(H,26,29)/t18-,22-/m1/s1. The normalized spacial score (nSPS) is 12.9. The highest BCUT2D eigenvalue weighted by Crippen LogP contribution is 2.17. The maximum atomic E-state index is 14.1. The Morgan fingerprint density at radius 1 is 1.07 bits per heavy atom. The Labute approximate surface area is 173 Å². The number of amides is 2. The summed E-state index contributed by atoms with van der Waals surface area (Å²) in [6.45, 7) is 8.13. The van der Waals surface area contributed by atoms with Crippen molar-refractivity contribution in [3.8, 4) is 0 Å². The molecule has 2 aromatic carbocycles. The first-order valence-corrected chi connectivity index (χ1v) is 10.2. The van der Waals surface area contributed by atoms with Gasteiger partial charge in [0.25, 0.3) is 0 Å². The van der Waals surface area contributed by atoms with Crippen LogP contribution in [0.2, 0.25) is 0 Å². The minimum atomic E-state index is -0.608. The van der Waals surface area contributed by atoms with E-state index in [9.17, 15) is 14.0 Å². The fraction of sp³-hybridized carbons (Fsp3) is 0.417. The van der Waals surface area contributed by atoms with E-state index >= 15 is 0 Å². The minimum Gasteiger partial charge on any atom is -0.352 e. The van der Waals surface area contributed by atoms with E-state index in [4.69, 9.17) is 0 Å². The average Bonchev–Trinajstić information content (AvgIpc) is 2.69. The SMILES string of the molecule is CC[C@@H](C)NC(=O)[C@@H](CC)N(Cc1cccc(C)c1)C(=O)Cc1ccccc1F. The zero-order valence-corrected chi connectivity index (χ0v) is 17.7. The maximum absolute atomic E-state index is 14.1. The predicted octanol–water partition coefficient (Wildman–Crippen LogP) is 4.40. The van der Waals surface area contributed by atoms with Gasteiger partial charge < -0.3 is 10.2 Å². The van der Waals surface area contributed by atoms with E-state index in [0.717, 1.165) is 17.5 Å². The second kappa shape index (κ2) is 10.7. The molecule has 29 heavy (non-hydrogen) atoms. The van der Waals surface area contributed by atoms with Gasteiger partial charge in [0, 0.05) is 12.6 Å². The van der Waals surface area contributed by atoms with Crippen molar-refractivity contribution >= 4 is 11.8 Å². The molecule has 0 radical (unpaired) electrons.